The fourth-order valence-electron chi connectivity index (χ4n) is 5.27. The third-order valence-corrected chi connectivity index (χ3v) is 7.92. The Bertz CT molecular complexity index is 431. The highest BCUT2D eigenvalue weighted by atomic mass is 14.1. The second-order valence-corrected chi connectivity index (χ2v) is 11.9. The summed E-state index contributed by atoms with van der Waals surface area (Å²) in [6, 6.07) is 0. The van der Waals surface area contributed by atoms with E-state index in [0.717, 1.165) is 5.92 Å². The number of hydrogen-bond donors (Lipinski definition) is 0. The van der Waals surface area contributed by atoms with Crippen molar-refractivity contribution in [3.8, 4) is 0 Å². The van der Waals surface area contributed by atoms with E-state index in [2.05, 4.69) is 45.1 Å². The summed E-state index contributed by atoms with van der Waals surface area (Å²) >= 11 is 0. The molecule has 0 amide bonds. The van der Waals surface area contributed by atoms with Crippen LogP contribution in [0.1, 0.15) is 201 Å². The summed E-state index contributed by atoms with van der Waals surface area (Å²) in [6.45, 7) is 7.08. The second-order valence-electron chi connectivity index (χ2n) is 11.9. The normalized spacial score (nSPS) is 12.9. The van der Waals surface area contributed by atoms with E-state index in [4.69, 9.17) is 0 Å². The number of hydrogen-bond acceptors (Lipinski definition) is 0. The van der Waals surface area contributed by atoms with Crippen molar-refractivity contribution in [2.24, 2.45) is 5.92 Å². The lowest BCUT2D eigenvalue weighted by Crippen LogP contribution is -1.95. The van der Waals surface area contributed by atoms with Crippen molar-refractivity contribution in [3.63, 3.8) is 0 Å². The van der Waals surface area contributed by atoms with Gasteiger partial charge in [0.1, 0.15) is 0 Å². The molecule has 0 N–H and O–H groups in total. The first-order valence-corrected chi connectivity index (χ1v) is 17.1. The van der Waals surface area contributed by atoms with Gasteiger partial charge in [0.15, 0.2) is 0 Å². The molecule has 0 radical (unpaired) electrons. The molecule has 0 heteroatoms. The van der Waals surface area contributed by atoms with Crippen LogP contribution in [0.4, 0.5) is 0 Å². The summed E-state index contributed by atoms with van der Waals surface area (Å²) in [6.07, 6.45) is 49.3. The van der Waals surface area contributed by atoms with E-state index in [1.54, 1.807) is 0 Å². The molecule has 0 aliphatic rings. The molecule has 0 fully saturated rings. The Hall–Kier alpha value is -0.520. The van der Waals surface area contributed by atoms with Gasteiger partial charge in [-0.15, -0.1) is 0 Å². The highest BCUT2D eigenvalue weighted by molar-refractivity contribution is 4.82. The molecular formula is C36H70. The lowest BCUT2D eigenvalue weighted by molar-refractivity contribution is 0.433. The minimum Gasteiger partial charge on any atom is -0.0885 e. The van der Waals surface area contributed by atoms with Gasteiger partial charge in [0.05, 0.1) is 0 Å². The van der Waals surface area contributed by atoms with Crippen molar-refractivity contribution in [2.75, 3.05) is 0 Å². The quantitative estimate of drug-likeness (QED) is 0.0676. The lowest BCUT2D eigenvalue weighted by atomic mass is 9.96. The molecule has 0 aromatic rings. The van der Waals surface area contributed by atoms with Gasteiger partial charge in [-0.1, -0.05) is 173 Å². The van der Waals surface area contributed by atoms with Gasteiger partial charge < -0.3 is 0 Å². The molecule has 0 aromatic carbocycles. The van der Waals surface area contributed by atoms with E-state index in [0.29, 0.717) is 0 Å². The number of rotatable bonds is 30. The fourth-order valence-corrected chi connectivity index (χ4v) is 5.27. The zero-order valence-corrected chi connectivity index (χ0v) is 25.7. The van der Waals surface area contributed by atoms with Gasteiger partial charge in [-0.3, -0.25) is 0 Å². The Kier molecular flexibility index (Phi) is 32.0. The third-order valence-electron chi connectivity index (χ3n) is 7.92. The Morgan fingerprint density at radius 1 is 0.333 bits per heavy atom. The first-order valence-electron chi connectivity index (χ1n) is 17.1. The average molecular weight is 503 g/mol. The summed E-state index contributed by atoms with van der Waals surface area (Å²) in [7, 11) is 0. The molecule has 0 aliphatic heterocycles. The first-order chi connectivity index (χ1) is 17.8. The van der Waals surface area contributed by atoms with Crippen molar-refractivity contribution in [1.29, 1.82) is 0 Å². The predicted octanol–water partition coefficient (Wildman–Crippen LogP) is 13.7. The van der Waals surface area contributed by atoms with E-state index in [-0.39, 0.29) is 0 Å². The highest BCUT2D eigenvalue weighted by Gasteiger charge is 2.02. The smallest absolute Gasteiger partial charge is 0.0351 e. The summed E-state index contributed by atoms with van der Waals surface area (Å²) in [5.74, 6) is 0.944. The zero-order chi connectivity index (χ0) is 26.2. The largest absolute Gasteiger partial charge is 0.0885 e. The lowest BCUT2D eigenvalue weighted by Gasteiger charge is -2.11. The van der Waals surface area contributed by atoms with Crippen LogP contribution >= 0.6 is 0 Å². The van der Waals surface area contributed by atoms with E-state index in [1.807, 2.05) is 0 Å². The molecule has 1 atom stereocenters. The summed E-state index contributed by atoms with van der Waals surface area (Å²) in [5, 5.41) is 0. The van der Waals surface area contributed by atoms with Gasteiger partial charge in [-0.2, -0.15) is 0 Å². The molecule has 36 heavy (non-hydrogen) atoms. The summed E-state index contributed by atoms with van der Waals surface area (Å²) in [4.78, 5) is 0. The first kappa shape index (κ1) is 35.5. The molecule has 0 saturated heterocycles. The maximum Gasteiger partial charge on any atom is -0.0351 e. The fraction of sp³-hybridized carbons (Fsp3) is 0.889. The molecule has 0 heterocycles. The Morgan fingerprint density at radius 3 is 0.889 bits per heavy atom. The zero-order valence-electron chi connectivity index (χ0n) is 25.7. The van der Waals surface area contributed by atoms with Crippen LogP contribution in [0.2, 0.25) is 0 Å². The molecule has 0 aromatic heterocycles. The van der Waals surface area contributed by atoms with Crippen molar-refractivity contribution < 1.29 is 0 Å². The molecule has 214 valence electrons. The number of unbranched alkanes of at least 4 members (excludes halogenated alkanes) is 22. The van der Waals surface area contributed by atoms with Crippen LogP contribution in [0, 0.1) is 5.92 Å². The van der Waals surface area contributed by atoms with Gasteiger partial charge in [0.25, 0.3) is 0 Å². The third kappa shape index (κ3) is 31.5. The maximum absolute atomic E-state index is 2.49. The monoisotopic (exact) mass is 503 g/mol. The average Bonchev–Trinajstić information content (AvgIpc) is 2.88. The van der Waals surface area contributed by atoms with Crippen LogP contribution in [0.3, 0.4) is 0 Å². The van der Waals surface area contributed by atoms with Crippen molar-refractivity contribution in [3.05, 3.63) is 24.3 Å². The maximum atomic E-state index is 2.49. The Morgan fingerprint density at radius 2 is 0.583 bits per heavy atom. The molecule has 0 bridgehead atoms. The van der Waals surface area contributed by atoms with Crippen LogP contribution in [0.5, 0.6) is 0 Å². The van der Waals surface area contributed by atoms with E-state index >= 15 is 0 Å². The van der Waals surface area contributed by atoms with Crippen LogP contribution < -0.4 is 0 Å². The molecule has 0 aliphatic carbocycles. The highest BCUT2D eigenvalue weighted by Crippen LogP contribution is 2.19. The molecule has 0 nitrogen and oxygen atoms in total. The molecule has 0 rings (SSSR count). The molecule has 1 unspecified atom stereocenters. The van der Waals surface area contributed by atoms with Crippen LogP contribution in [0.15, 0.2) is 24.3 Å². The standard InChI is InChI=1S/C36H70/c1-4-6-8-10-12-14-16-18-20-21-23-25-27-29-31-33-35-36(3)34-32-30-28-26-24-22-19-17-15-13-11-9-7-5-2/h18-20,22,36H,4-17,21,23-35H2,1-3H3/b20-18-,22-19?. The minimum atomic E-state index is 0.944. The number of allylic oxidation sites excluding steroid dienone is 4. The minimum absolute atomic E-state index is 0.944. The van der Waals surface area contributed by atoms with Crippen LogP contribution in [-0.2, 0) is 0 Å². The van der Waals surface area contributed by atoms with E-state index in [9.17, 15) is 0 Å². The predicted molar refractivity (Wildman–Crippen MR) is 168 cm³/mol. The molecule has 0 saturated carbocycles. The Balaban J connectivity index is 3.23. The van der Waals surface area contributed by atoms with E-state index < -0.39 is 0 Å². The molecular weight excluding hydrogens is 432 g/mol. The van der Waals surface area contributed by atoms with Gasteiger partial charge in [0, 0.05) is 0 Å². The van der Waals surface area contributed by atoms with Gasteiger partial charge in [0.2, 0.25) is 0 Å². The van der Waals surface area contributed by atoms with Gasteiger partial charge >= 0.3 is 0 Å². The van der Waals surface area contributed by atoms with E-state index in [1.165, 1.54) is 180 Å². The summed E-state index contributed by atoms with van der Waals surface area (Å²) < 4.78 is 0. The Labute approximate surface area is 230 Å². The topological polar surface area (TPSA) is 0 Å². The summed E-state index contributed by atoms with van der Waals surface area (Å²) in [5.41, 5.74) is 0. The van der Waals surface area contributed by atoms with Gasteiger partial charge in [-0.25, -0.2) is 0 Å². The second kappa shape index (κ2) is 32.5. The van der Waals surface area contributed by atoms with Crippen LogP contribution in [0.25, 0.3) is 0 Å². The van der Waals surface area contributed by atoms with Crippen LogP contribution in [-0.4, -0.2) is 0 Å². The van der Waals surface area contributed by atoms with Crippen molar-refractivity contribution in [1.82, 2.24) is 0 Å². The van der Waals surface area contributed by atoms with Crippen molar-refractivity contribution in [2.45, 2.75) is 201 Å². The van der Waals surface area contributed by atoms with Crippen molar-refractivity contribution >= 4 is 0 Å². The molecule has 0 spiro atoms. The van der Waals surface area contributed by atoms with Gasteiger partial charge in [-0.05, 0) is 57.3 Å². The SMILES string of the molecule is CCCCCCCCC=CCCCCCCC(C)CCCCCCCC/C=C\CCCCCCCC.